The number of nitrogens with zero attached hydrogens (tertiary/aromatic N) is 5. The van der Waals surface area contributed by atoms with E-state index >= 15 is 0 Å². The maximum atomic E-state index is 13.7. The van der Waals surface area contributed by atoms with Gasteiger partial charge in [-0.1, -0.05) is 36.4 Å². The highest BCUT2D eigenvalue weighted by Gasteiger charge is 2.37. The molecule has 0 aliphatic heterocycles. The van der Waals surface area contributed by atoms with Crippen molar-refractivity contribution in [1.29, 1.82) is 0 Å². The summed E-state index contributed by atoms with van der Waals surface area (Å²) in [6, 6.07) is 14.4. The molecule has 1 amide bonds. The smallest absolute Gasteiger partial charge is 0.353 e. The normalized spacial score (nSPS) is 11.9. The zero-order chi connectivity index (χ0) is 34.9. The van der Waals surface area contributed by atoms with Crippen molar-refractivity contribution < 1.29 is 31.1 Å². The van der Waals surface area contributed by atoms with Crippen LogP contribution < -0.4 is 11.1 Å². The van der Waals surface area contributed by atoms with Crippen LogP contribution in [0.1, 0.15) is 27.2 Å². The van der Waals surface area contributed by atoms with Gasteiger partial charge < -0.3 is 25.8 Å². The number of anilines is 1. The van der Waals surface area contributed by atoms with Crippen molar-refractivity contribution in [2.24, 2.45) is 5.73 Å². The van der Waals surface area contributed by atoms with Crippen molar-refractivity contribution in [3.8, 4) is 11.1 Å². The molecule has 47 heavy (non-hydrogen) atoms. The van der Waals surface area contributed by atoms with E-state index in [9.17, 15) is 31.1 Å². The van der Waals surface area contributed by atoms with Gasteiger partial charge in [0.25, 0.3) is 5.91 Å². The van der Waals surface area contributed by atoms with Gasteiger partial charge >= 0.3 is 12.4 Å². The van der Waals surface area contributed by atoms with Crippen LogP contribution in [0.4, 0.5) is 32.3 Å². The third-order valence-electron chi connectivity index (χ3n) is 6.88. The summed E-state index contributed by atoms with van der Waals surface area (Å²) in [4.78, 5) is 27.4. The van der Waals surface area contributed by atoms with Crippen molar-refractivity contribution in [1.82, 2.24) is 24.7 Å². The number of benzene rings is 3. The summed E-state index contributed by atoms with van der Waals surface area (Å²) in [5.74, 6) is -0.538. The summed E-state index contributed by atoms with van der Waals surface area (Å²) in [6.45, 7) is 2.34. The third-order valence-corrected chi connectivity index (χ3v) is 6.88. The summed E-state index contributed by atoms with van der Waals surface area (Å²) < 4.78 is 80.2. The van der Waals surface area contributed by atoms with Gasteiger partial charge in [0.1, 0.15) is 5.69 Å². The van der Waals surface area contributed by atoms with Crippen LogP contribution in [-0.4, -0.2) is 92.0 Å². The van der Waals surface area contributed by atoms with E-state index in [1.54, 1.807) is 6.07 Å². The minimum atomic E-state index is -5.00. The Morgan fingerprint density at radius 1 is 0.809 bits per heavy atom. The zero-order valence-corrected chi connectivity index (χ0v) is 26.9. The molecule has 0 fully saturated rings. The molecule has 8 nitrogen and oxygen atoms in total. The quantitative estimate of drug-likeness (QED) is 0.199. The number of nitrogens with one attached hydrogen (secondary N) is 1. The van der Waals surface area contributed by atoms with Crippen molar-refractivity contribution in [2.75, 3.05) is 66.7 Å². The maximum Gasteiger partial charge on any atom is 0.416 e. The predicted molar refractivity (Wildman–Crippen MR) is 172 cm³/mol. The molecule has 1 aromatic heterocycles. The van der Waals surface area contributed by atoms with Gasteiger partial charge in [0.15, 0.2) is 0 Å². The molecule has 0 atom stereocenters. The van der Waals surface area contributed by atoms with Crippen LogP contribution in [0, 0.1) is 0 Å². The zero-order valence-electron chi connectivity index (χ0n) is 26.9. The second-order valence-corrected chi connectivity index (χ2v) is 11.4. The first-order valence-electron chi connectivity index (χ1n) is 14.6. The third kappa shape index (κ3) is 10.9. The van der Waals surface area contributed by atoms with Crippen LogP contribution in [0.15, 0.2) is 66.9 Å². The minimum absolute atomic E-state index is 0.0480. The summed E-state index contributed by atoms with van der Waals surface area (Å²) in [6.07, 6.45) is -8.52. The first-order chi connectivity index (χ1) is 22.0. The average molecular weight is 664 g/mol. The average Bonchev–Trinajstić information content (AvgIpc) is 2.99. The van der Waals surface area contributed by atoms with Gasteiger partial charge in [0.2, 0.25) is 5.95 Å². The summed E-state index contributed by atoms with van der Waals surface area (Å²) in [7, 11) is 9.07. The Hall–Kier alpha value is -4.27. The summed E-state index contributed by atoms with van der Waals surface area (Å²) >= 11 is 0. The Kier molecular flexibility index (Phi) is 12.7. The van der Waals surface area contributed by atoms with E-state index < -0.39 is 35.9 Å². The van der Waals surface area contributed by atoms with Gasteiger partial charge in [-0.15, -0.1) is 0 Å². The molecule has 0 saturated heterocycles. The standard InChI is InChI=1S/C29H27F6N5O.C4H12N2/c1-39(2)11-10-36-27-37-16-24(21-9-8-19-6-4-5-7-20(19)14-21)25(38-27)26(41)40(3)17-18-12-22(28(30,31)32)15-23(13-18)29(33,34)35;1-6(2)4-3-5/h4-9,12-16H,10-11,17H2,1-3H3,(H,36,37,38);3-5H2,1-2H3. The highest BCUT2D eigenvalue weighted by molar-refractivity contribution is 6.00. The summed E-state index contributed by atoms with van der Waals surface area (Å²) in [5, 5.41) is 4.90. The van der Waals surface area contributed by atoms with Crippen molar-refractivity contribution in [3.05, 3.63) is 89.2 Å². The molecule has 0 unspecified atom stereocenters. The van der Waals surface area contributed by atoms with E-state index in [1.165, 1.54) is 13.2 Å². The van der Waals surface area contributed by atoms with E-state index in [0.29, 0.717) is 36.3 Å². The van der Waals surface area contributed by atoms with Crippen molar-refractivity contribution >= 4 is 22.6 Å². The predicted octanol–water partition coefficient (Wildman–Crippen LogP) is 6.09. The van der Waals surface area contributed by atoms with Crippen LogP contribution >= 0.6 is 0 Å². The molecule has 0 bridgehead atoms. The highest BCUT2D eigenvalue weighted by atomic mass is 19.4. The number of amides is 1. The fourth-order valence-electron chi connectivity index (χ4n) is 4.48. The lowest BCUT2D eigenvalue weighted by Gasteiger charge is -2.21. The number of fused-ring (bicyclic) bond motifs is 1. The van der Waals surface area contributed by atoms with Crippen molar-refractivity contribution in [3.63, 3.8) is 0 Å². The molecule has 4 aromatic rings. The number of aromatic nitrogens is 2. The lowest BCUT2D eigenvalue weighted by Crippen LogP contribution is -2.29. The number of hydrogen-bond acceptors (Lipinski definition) is 7. The van der Waals surface area contributed by atoms with Gasteiger partial charge in [-0.3, -0.25) is 4.79 Å². The molecule has 0 radical (unpaired) electrons. The van der Waals surface area contributed by atoms with Crippen LogP contribution in [-0.2, 0) is 18.9 Å². The number of likely N-dealkylation sites (N-methyl/N-ethyl adjacent to an activating group) is 2. The van der Waals surface area contributed by atoms with E-state index in [-0.39, 0.29) is 23.3 Å². The summed E-state index contributed by atoms with van der Waals surface area (Å²) in [5.41, 5.74) is 2.91. The second-order valence-electron chi connectivity index (χ2n) is 11.4. The SMILES string of the molecule is CN(C)CCN.CN(C)CCNc1ncc(-c2ccc3ccccc3c2)c(C(=O)N(C)Cc2cc(C(F)(F)F)cc(C(F)(F)F)c2)n1. The molecule has 14 heteroatoms. The van der Waals surface area contributed by atoms with E-state index in [0.717, 1.165) is 28.8 Å². The van der Waals surface area contributed by atoms with E-state index in [2.05, 4.69) is 20.2 Å². The number of halogens is 6. The molecule has 0 aliphatic carbocycles. The number of alkyl halides is 6. The number of carbonyl (C=O) groups excluding carboxylic acids is 1. The Balaban J connectivity index is 0.000000913. The van der Waals surface area contributed by atoms with E-state index in [1.807, 2.05) is 69.5 Å². The molecule has 1 heterocycles. The van der Waals surface area contributed by atoms with Gasteiger partial charge in [0.05, 0.1) is 11.1 Å². The fraction of sp³-hybridized carbons (Fsp3) is 0.364. The Bertz CT molecular complexity index is 1610. The Labute approximate surface area is 270 Å². The monoisotopic (exact) mass is 663 g/mol. The number of rotatable bonds is 10. The van der Waals surface area contributed by atoms with Gasteiger partial charge in [-0.05, 0) is 74.4 Å². The Morgan fingerprint density at radius 2 is 1.40 bits per heavy atom. The number of carbonyl (C=O) groups is 1. The van der Waals surface area contributed by atoms with E-state index in [4.69, 9.17) is 5.73 Å². The Morgan fingerprint density at radius 3 is 1.94 bits per heavy atom. The van der Waals surface area contributed by atoms with Gasteiger partial charge in [-0.2, -0.15) is 26.3 Å². The first kappa shape index (κ1) is 37.2. The molecule has 0 saturated carbocycles. The van der Waals surface area contributed by atoms with Crippen LogP contribution in [0.3, 0.4) is 0 Å². The fourth-order valence-corrected chi connectivity index (χ4v) is 4.48. The van der Waals surface area contributed by atoms with Crippen LogP contribution in [0.2, 0.25) is 0 Å². The highest BCUT2D eigenvalue weighted by Crippen LogP contribution is 2.37. The molecule has 0 spiro atoms. The largest absolute Gasteiger partial charge is 0.416 e. The lowest BCUT2D eigenvalue weighted by molar-refractivity contribution is -0.143. The first-order valence-corrected chi connectivity index (χ1v) is 14.6. The molecule has 0 aliphatic rings. The molecule has 3 aromatic carbocycles. The van der Waals surface area contributed by atoms with Crippen LogP contribution in [0.5, 0.6) is 0 Å². The minimum Gasteiger partial charge on any atom is -0.353 e. The van der Waals surface area contributed by atoms with Gasteiger partial charge in [0, 0.05) is 51.5 Å². The molecule has 4 rings (SSSR count). The molecule has 254 valence electrons. The maximum absolute atomic E-state index is 13.7. The van der Waals surface area contributed by atoms with Crippen LogP contribution in [0.25, 0.3) is 21.9 Å². The van der Waals surface area contributed by atoms with Gasteiger partial charge in [-0.25, -0.2) is 9.97 Å². The molecule has 3 N–H and O–H groups in total. The number of nitrogens with two attached hydrogens (primary N) is 1. The topological polar surface area (TPSA) is 90.6 Å². The molecular weight excluding hydrogens is 624 g/mol. The van der Waals surface area contributed by atoms with Crippen molar-refractivity contribution in [2.45, 2.75) is 18.9 Å². The number of hydrogen-bond donors (Lipinski definition) is 2. The second kappa shape index (κ2) is 16.0. The lowest BCUT2D eigenvalue weighted by atomic mass is 10.0. The molecular formula is C33H39F6N7O.